The van der Waals surface area contributed by atoms with Crippen LogP contribution in [0.25, 0.3) is 16.5 Å². The van der Waals surface area contributed by atoms with Gasteiger partial charge in [0.2, 0.25) is 0 Å². The monoisotopic (exact) mass is 384 g/mol. The Morgan fingerprint density at radius 1 is 1.22 bits per heavy atom. The normalized spacial score (nSPS) is 11.8. The molecule has 0 spiro atoms. The van der Waals surface area contributed by atoms with Gasteiger partial charge < -0.3 is 0 Å². The third kappa shape index (κ3) is 3.34. The Morgan fingerprint density at radius 3 is 2.67 bits per heavy atom. The van der Waals surface area contributed by atoms with E-state index in [0.29, 0.717) is 0 Å². The smallest absolute Gasteiger partial charge is 0.0360 e. The van der Waals surface area contributed by atoms with E-state index in [1.807, 2.05) is 17.4 Å². The zero-order valence-corrected chi connectivity index (χ0v) is 14.1. The lowest BCUT2D eigenvalue weighted by molar-refractivity contribution is 1.13. The van der Waals surface area contributed by atoms with E-state index in [0.717, 1.165) is 16.2 Å². The molecule has 0 nitrogen and oxygen atoms in total. The van der Waals surface area contributed by atoms with Crippen LogP contribution in [0.4, 0.5) is 0 Å². The molecule has 0 amide bonds. The number of allylic oxidation sites excluding steroid dienone is 1. The Kier molecular flexibility index (Phi) is 5.22. The molecule has 94 valence electrons. The number of rotatable bonds is 4. The number of hydrogen-bond donors (Lipinski definition) is 0. The molecule has 0 saturated heterocycles. The lowest BCUT2D eigenvalue weighted by Crippen LogP contribution is -1.79. The topological polar surface area (TPSA) is 0 Å². The van der Waals surface area contributed by atoms with Crippen LogP contribution in [0.15, 0.2) is 46.4 Å². The lowest BCUT2D eigenvalue weighted by atomic mass is 10.2. The van der Waals surface area contributed by atoms with Gasteiger partial charge in [-0.1, -0.05) is 62.6 Å². The second kappa shape index (κ2) is 6.69. The molecule has 0 aliphatic rings. The quantitative estimate of drug-likeness (QED) is 0.536. The lowest BCUT2D eigenvalue weighted by Gasteiger charge is -2.00. The van der Waals surface area contributed by atoms with E-state index in [-0.39, 0.29) is 0 Å². The summed E-state index contributed by atoms with van der Waals surface area (Å²) in [7, 11) is 0. The van der Waals surface area contributed by atoms with Crippen LogP contribution < -0.4 is 0 Å². The minimum absolute atomic E-state index is 0.950. The average molecular weight is 386 g/mol. The second-order valence-corrected chi connectivity index (χ2v) is 6.50. The van der Waals surface area contributed by atoms with Crippen molar-refractivity contribution in [2.45, 2.75) is 13.3 Å². The van der Waals surface area contributed by atoms with Gasteiger partial charge in [0.15, 0.2) is 0 Å². The molecular formula is C15H14Br2S. The van der Waals surface area contributed by atoms with Crippen molar-refractivity contribution in [1.29, 1.82) is 0 Å². The van der Waals surface area contributed by atoms with Gasteiger partial charge in [0.1, 0.15) is 0 Å². The maximum absolute atomic E-state index is 3.60. The van der Waals surface area contributed by atoms with Gasteiger partial charge in [-0.2, -0.15) is 0 Å². The molecule has 2 aromatic rings. The summed E-state index contributed by atoms with van der Waals surface area (Å²) >= 11 is 8.96. The van der Waals surface area contributed by atoms with E-state index in [2.05, 4.69) is 75.2 Å². The summed E-state index contributed by atoms with van der Waals surface area (Å²) < 4.78 is 1.15. The zero-order chi connectivity index (χ0) is 13.0. The van der Waals surface area contributed by atoms with Gasteiger partial charge in [0.25, 0.3) is 0 Å². The van der Waals surface area contributed by atoms with E-state index in [1.54, 1.807) is 0 Å². The Bertz CT molecular complexity index is 549. The van der Waals surface area contributed by atoms with Crippen molar-refractivity contribution < 1.29 is 0 Å². The maximum atomic E-state index is 3.60. The van der Waals surface area contributed by atoms with Crippen LogP contribution >= 0.6 is 43.2 Å². The summed E-state index contributed by atoms with van der Waals surface area (Å²) in [5, 5.41) is 0.950. The molecule has 0 unspecified atom stereocenters. The maximum Gasteiger partial charge on any atom is 0.0360 e. The highest BCUT2D eigenvalue weighted by molar-refractivity contribution is 9.10. The van der Waals surface area contributed by atoms with E-state index in [9.17, 15) is 0 Å². The Labute approximate surface area is 129 Å². The third-order valence-electron chi connectivity index (χ3n) is 2.74. The van der Waals surface area contributed by atoms with Gasteiger partial charge in [-0.15, -0.1) is 11.3 Å². The molecule has 0 radical (unpaired) electrons. The van der Waals surface area contributed by atoms with Gasteiger partial charge in [-0.3, -0.25) is 0 Å². The highest BCUT2D eigenvalue weighted by atomic mass is 79.9. The molecule has 0 aliphatic carbocycles. The van der Waals surface area contributed by atoms with Crippen molar-refractivity contribution in [2.75, 3.05) is 5.33 Å². The summed E-state index contributed by atoms with van der Waals surface area (Å²) in [5.74, 6) is 0. The first kappa shape index (κ1) is 14.0. The van der Waals surface area contributed by atoms with Crippen molar-refractivity contribution >= 4 is 49.3 Å². The fourth-order valence-corrected chi connectivity index (χ4v) is 3.90. The Morgan fingerprint density at radius 2 is 2.00 bits per heavy atom. The average Bonchev–Trinajstić information content (AvgIpc) is 2.85. The van der Waals surface area contributed by atoms with Crippen LogP contribution in [-0.4, -0.2) is 5.33 Å². The number of benzene rings is 1. The van der Waals surface area contributed by atoms with Gasteiger partial charge in [-0.25, -0.2) is 0 Å². The molecule has 1 aromatic heterocycles. The molecule has 0 saturated carbocycles. The molecule has 3 heteroatoms. The Hall–Kier alpha value is -0.380. The highest BCUT2D eigenvalue weighted by Gasteiger charge is 2.05. The minimum atomic E-state index is 0.950. The largest absolute Gasteiger partial charge is 0.136 e. The molecule has 2 rings (SSSR count). The summed E-state index contributed by atoms with van der Waals surface area (Å²) in [6.45, 7) is 2.19. The number of halogens is 2. The van der Waals surface area contributed by atoms with Crippen molar-refractivity contribution in [3.63, 3.8) is 0 Å². The first-order valence-electron chi connectivity index (χ1n) is 5.84. The molecule has 0 N–H and O–H groups in total. The predicted molar refractivity (Wildman–Crippen MR) is 89.5 cm³/mol. The second-order valence-electron chi connectivity index (χ2n) is 3.97. The Balaban J connectivity index is 2.32. The molecule has 18 heavy (non-hydrogen) atoms. The summed E-state index contributed by atoms with van der Waals surface area (Å²) in [4.78, 5) is 2.62. The summed E-state index contributed by atoms with van der Waals surface area (Å²) in [5.41, 5.74) is 2.69. The predicted octanol–water partition coefficient (Wildman–Crippen LogP) is 6.37. The number of thiophene rings is 1. The van der Waals surface area contributed by atoms with Crippen molar-refractivity contribution in [2.24, 2.45) is 0 Å². The summed E-state index contributed by atoms with van der Waals surface area (Å²) in [6.07, 6.45) is 3.37. The van der Waals surface area contributed by atoms with Crippen molar-refractivity contribution in [3.8, 4) is 10.4 Å². The van der Waals surface area contributed by atoms with Crippen LogP contribution in [0, 0.1) is 0 Å². The van der Waals surface area contributed by atoms with Crippen molar-refractivity contribution in [3.05, 3.63) is 51.3 Å². The first-order valence-corrected chi connectivity index (χ1v) is 8.58. The van der Waals surface area contributed by atoms with Crippen LogP contribution in [0.5, 0.6) is 0 Å². The third-order valence-corrected chi connectivity index (χ3v) is 5.22. The molecule has 0 bridgehead atoms. The minimum Gasteiger partial charge on any atom is -0.136 e. The molecular weight excluding hydrogens is 372 g/mol. The molecule has 1 aromatic carbocycles. The zero-order valence-electron chi connectivity index (χ0n) is 10.1. The first-order chi connectivity index (χ1) is 8.74. The van der Waals surface area contributed by atoms with Crippen molar-refractivity contribution in [1.82, 2.24) is 0 Å². The van der Waals surface area contributed by atoms with Crippen LogP contribution in [0.3, 0.4) is 0 Å². The fourth-order valence-electron chi connectivity index (χ4n) is 1.67. The van der Waals surface area contributed by atoms with Crippen LogP contribution in [-0.2, 0) is 0 Å². The van der Waals surface area contributed by atoms with Gasteiger partial charge >= 0.3 is 0 Å². The molecule has 0 fully saturated rings. The van der Waals surface area contributed by atoms with Crippen LogP contribution in [0.1, 0.15) is 18.2 Å². The summed E-state index contributed by atoms with van der Waals surface area (Å²) in [6, 6.07) is 12.7. The molecule has 1 heterocycles. The SMILES string of the molecule is CCC(=Cc1ccc(-c2ccccc2Br)s1)CBr. The van der Waals surface area contributed by atoms with E-state index < -0.39 is 0 Å². The number of alkyl halides is 1. The molecule has 0 atom stereocenters. The van der Waals surface area contributed by atoms with Gasteiger partial charge in [0, 0.05) is 25.1 Å². The molecule has 0 aliphatic heterocycles. The van der Waals surface area contributed by atoms with Gasteiger partial charge in [-0.05, 0) is 30.7 Å². The number of hydrogen-bond acceptors (Lipinski definition) is 1. The fraction of sp³-hybridized carbons (Fsp3) is 0.200. The van der Waals surface area contributed by atoms with E-state index in [4.69, 9.17) is 0 Å². The van der Waals surface area contributed by atoms with E-state index in [1.165, 1.54) is 20.9 Å². The highest BCUT2D eigenvalue weighted by Crippen LogP contribution is 2.34. The van der Waals surface area contributed by atoms with Gasteiger partial charge in [0.05, 0.1) is 0 Å². The van der Waals surface area contributed by atoms with Crippen LogP contribution in [0.2, 0.25) is 0 Å². The standard InChI is InChI=1S/C15H14Br2S/c1-2-11(10-16)9-12-7-8-15(18-12)13-5-3-4-6-14(13)17/h3-9H,2,10H2,1H3. The van der Waals surface area contributed by atoms with E-state index >= 15 is 0 Å².